The van der Waals surface area contributed by atoms with Crippen molar-refractivity contribution in [1.29, 1.82) is 0 Å². The Balaban J connectivity index is 2.53. The molecule has 12 heavy (non-hydrogen) atoms. The summed E-state index contributed by atoms with van der Waals surface area (Å²) in [6.45, 7) is -0.160. The van der Waals surface area contributed by atoms with Crippen LogP contribution in [0.3, 0.4) is 0 Å². The molecule has 0 heterocycles. The number of halogens is 1. The first-order chi connectivity index (χ1) is 5.68. The van der Waals surface area contributed by atoms with Gasteiger partial charge in [0.1, 0.15) is 11.5 Å². The van der Waals surface area contributed by atoms with Crippen LogP contribution in [-0.4, -0.2) is 17.0 Å². The van der Waals surface area contributed by atoms with Gasteiger partial charge < -0.3 is 9.84 Å². The van der Waals surface area contributed by atoms with E-state index in [1.54, 1.807) is 12.1 Å². The zero-order valence-electron chi connectivity index (χ0n) is 6.16. The number of ether oxygens (including phenoxy) is 1. The van der Waals surface area contributed by atoms with E-state index < -0.39 is 5.24 Å². The summed E-state index contributed by atoms with van der Waals surface area (Å²) in [4.78, 5) is 10.3. The van der Waals surface area contributed by atoms with Crippen LogP contribution in [0.2, 0.25) is 0 Å². The van der Waals surface area contributed by atoms with Gasteiger partial charge in [-0.1, -0.05) is 0 Å². The molecule has 1 aromatic rings. The standard InChI is InChI=1S/C8H7ClO3/c9-8(11)5-12-7-3-1-6(10)2-4-7/h1-4,10H,5H2. The van der Waals surface area contributed by atoms with Gasteiger partial charge in [0.15, 0.2) is 6.61 Å². The quantitative estimate of drug-likeness (QED) is 0.729. The zero-order chi connectivity index (χ0) is 8.97. The predicted octanol–water partition coefficient (Wildman–Crippen LogP) is 1.54. The molecule has 0 aliphatic carbocycles. The molecule has 0 fully saturated rings. The van der Waals surface area contributed by atoms with Crippen molar-refractivity contribution in [3.63, 3.8) is 0 Å². The molecule has 0 atom stereocenters. The Morgan fingerprint density at radius 1 is 1.42 bits per heavy atom. The van der Waals surface area contributed by atoms with Crippen molar-refractivity contribution in [2.24, 2.45) is 0 Å². The third kappa shape index (κ3) is 2.80. The fourth-order valence-corrected chi connectivity index (χ4v) is 0.737. The average Bonchev–Trinajstić information content (AvgIpc) is 2.03. The molecule has 1 N–H and O–H groups in total. The molecule has 0 saturated carbocycles. The highest BCUT2D eigenvalue weighted by molar-refractivity contribution is 6.63. The lowest BCUT2D eigenvalue weighted by molar-refractivity contribution is -0.113. The van der Waals surface area contributed by atoms with Gasteiger partial charge in [0.05, 0.1) is 0 Å². The predicted molar refractivity (Wildman–Crippen MR) is 44.5 cm³/mol. The van der Waals surface area contributed by atoms with Gasteiger partial charge in [-0.3, -0.25) is 4.79 Å². The van der Waals surface area contributed by atoms with Gasteiger partial charge >= 0.3 is 0 Å². The molecule has 0 saturated heterocycles. The normalized spacial score (nSPS) is 9.42. The fraction of sp³-hybridized carbons (Fsp3) is 0.125. The van der Waals surface area contributed by atoms with Gasteiger partial charge in [-0.25, -0.2) is 0 Å². The number of phenols is 1. The van der Waals surface area contributed by atoms with Crippen LogP contribution in [0.1, 0.15) is 0 Å². The maximum atomic E-state index is 10.3. The van der Waals surface area contributed by atoms with E-state index in [1.165, 1.54) is 12.1 Å². The molecule has 4 heteroatoms. The summed E-state index contributed by atoms with van der Waals surface area (Å²) >= 11 is 5.05. The van der Waals surface area contributed by atoms with E-state index in [-0.39, 0.29) is 12.4 Å². The molecule has 1 aromatic carbocycles. The second kappa shape index (κ2) is 3.97. The first-order valence-electron chi connectivity index (χ1n) is 3.28. The average molecular weight is 187 g/mol. The molecule has 0 aliphatic heterocycles. The smallest absolute Gasteiger partial charge is 0.259 e. The van der Waals surface area contributed by atoms with Crippen LogP contribution in [0.15, 0.2) is 24.3 Å². The lowest BCUT2D eigenvalue weighted by Gasteiger charge is -2.01. The Labute approximate surface area is 74.5 Å². The molecule has 0 radical (unpaired) electrons. The first-order valence-corrected chi connectivity index (χ1v) is 3.66. The molecule has 0 bridgehead atoms. The van der Waals surface area contributed by atoms with Crippen LogP contribution >= 0.6 is 11.6 Å². The van der Waals surface area contributed by atoms with Crippen LogP contribution in [0.5, 0.6) is 11.5 Å². The minimum absolute atomic E-state index is 0.152. The highest BCUT2D eigenvalue weighted by Crippen LogP contribution is 2.15. The van der Waals surface area contributed by atoms with Crippen molar-refractivity contribution in [3.8, 4) is 11.5 Å². The van der Waals surface area contributed by atoms with Crippen LogP contribution in [0.4, 0.5) is 0 Å². The minimum Gasteiger partial charge on any atom is -0.508 e. The molecular formula is C8H7ClO3. The van der Waals surface area contributed by atoms with Gasteiger partial charge in [-0.15, -0.1) is 0 Å². The van der Waals surface area contributed by atoms with Crippen molar-refractivity contribution >= 4 is 16.8 Å². The van der Waals surface area contributed by atoms with Gasteiger partial charge in [0, 0.05) is 0 Å². The van der Waals surface area contributed by atoms with Crippen LogP contribution < -0.4 is 4.74 Å². The van der Waals surface area contributed by atoms with Crippen molar-refractivity contribution in [3.05, 3.63) is 24.3 Å². The molecule has 0 aromatic heterocycles. The maximum Gasteiger partial charge on any atom is 0.259 e. The number of carbonyl (C=O) groups is 1. The van der Waals surface area contributed by atoms with Gasteiger partial charge in [-0.05, 0) is 35.9 Å². The SMILES string of the molecule is O=C(Cl)COc1ccc(O)cc1. The molecule has 0 unspecified atom stereocenters. The third-order valence-corrected chi connectivity index (χ3v) is 1.30. The van der Waals surface area contributed by atoms with Crippen LogP contribution in [0.25, 0.3) is 0 Å². The van der Waals surface area contributed by atoms with E-state index in [0.717, 1.165) is 0 Å². The lowest BCUT2D eigenvalue weighted by Crippen LogP contribution is -2.03. The summed E-state index contributed by atoms with van der Waals surface area (Å²) in [5.41, 5.74) is 0. The second-order valence-electron chi connectivity index (χ2n) is 2.14. The summed E-state index contributed by atoms with van der Waals surface area (Å²) in [5, 5.41) is 8.33. The van der Waals surface area contributed by atoms with E-state index in [2.05, 4.69) is 0 Å². The second-order valence-corrected chi connectivity index (χ2v) is 2.56. The number of carbonyl (C=O) groups excluding carboxylic acids is 1. The topological polar surface area (TPSA) is 46.5 Å². The van der Waals surface area contributed by atoms with E-state index in [4.69, 9.17) is 21.4 Å². The van der Waals surface area contributed by atoms with E-state index in [9.17, 15) is 4.79 Å². The Morgan fingerprint density at radius 3 is 2.50 bits per heavy atom. The molecule has 3 nitrogen and oxygen atoms in total. The Kier molecular flexibility index (Phi) is 2.94. The molecular weight excluding hydrogens is 180 g/mol. The summed E-state index contributed by atoms with van der Waals surface area (Å²) in [6.07, 6.45) is 0. The van der Waals surface area contributed by atoms with Gasteiger partial charge in [-0.2, -0.15) is 0 Å². The molecule has 0 aliphatic rings. The van der Waals surface area contributed by atoms with E-state index >= 15 is 0 Å². The maximum absolute atomic E-state index is 10.3. The number of hydrogen-bond donors (Lipinski definition) is 1. The molecule has 1 rings (SSSR count). The largest absolute Gasteiger partial charge is 0.508 e. The van der Waals surface area contributed by atoms with E-state index in [1.807, 2.05) is 0 Å². The number of hydrogen-bond acceptors (Lipinski definition) is 3. The fourth-order valence-electron chi connectivity index (χ4n) is 0.682. The molecule has 0 spiro atoms. The molecule has 0 amide bonds. The number of benzene rings is 1. The summed E-state index contributed by atoms with van der Waals surface area (Å²) < 4.78 is 4.93. The first kappa shape index (κ1) is 8.87. The van der Waals surface area contributed by atoms with E-state index in [0.29, 0.717) is 5.75 Å². The van der Waals surface area contributed by atoms with Crippen molar-refractivity contribution in [1.82, 2.24) is 0 Å². The van der Waals surface area contributed by atoms with Crippen molar-refractivity contribution < 1.29 is 14.6 Å². The minimum atomic E-state index is -0.553. The Hall–Kier alpha value is -1.22. The summed E-state index contributed by atoms with van der Waals surface area (Å²) in [5.74, 6) is 0.654. The monoisotopic (exact) mass is 186 g/mol. The zero-order valence-corrected chi connectivity index (χ0v) is 6.91. The van der Waals surface area contributed by atoms with Crippen molar-refractivity contribution in [2.75, 3.05) is 6.61 Å². The third-order valence-electron chi connectivity index (χ3n) is 1.19. The van der Waals surface area contributed by atoms with Gasteiger partial charge in [0.2, 0.25) is 0 Å². The number of aromatic hydroxyl groups is 1. The molecule has 64 valence electrons. The van der Waals surface area contributed by atoms with Gasteiger partial charge in [0.25, 0.3) is 5.24 Å². The number of phenolic OH excluding ortho intramolecular Hbond substituents is 1. The Morgan fingerprint density at radius 2 is 2.00 bits per heavy atom. The summed E-state index contributed by atoms with van der Waals surface area (Å²) in [7, 11) is 0. The summed E-state index contributed by atoms with van der Waals surface area (Å²) in [6, 6.07) is 6.03. The lowest BCUT2D eigenvalue weighted by atomic mass is 10.3. The Bertz CT molecular complexity index is 268. The van der Waals surface area contributed by atoms with Crippen LogP contribution in [0, 0.1) is 0 Å². The number of rotatable bonds is 3. The highest BCUT2D eigenvalue weighted by atomic mass is 35.5. The highest BCUT2D eigenvalue weighted by Gasteiger charge is 1.97. The van der Waals surface area contributed by atoms with Crippen molar-refractivity contribution in [2.45, 2.75) is 0 Å². The van der Waals surface area contributed by atoms with Crippen LogP contribution in [-0.2, 0) is 4.79 Å².